The first-order valence-electron chi connectivity index (χ1n) is 8.82. The summed E-state index contributed by atoms with van der Waals surface area (Å²) in [6.07, 6.45) is 2.93. The molecule has 1 atom stereocenters. The molecule has 1 unspecified atom stereocenters. The lowest BCUT2D eigenvalue weighted by Gasteiger charge is -2.29. The van der Waals surface area contributed by atoms with Gasteiger partial charge in [0.25, 0.3) is 11.8 Å². The highest BCUT2D eigenvalue weighted by Crippen LogP contribution is 2.24. The molecule has 29 heavy (non-hydrogen) atoms. The minimum Gasteiger partial charge on any atom is -0.361 e. The second-order valence-corrected chi connectivity index (χ2v) is 6.59. The van der Waals surface area contributed by atoms with Crippen molar-refractivity contribution in [2.45, 2.75) is 25.4 Å². The lowest BCUT2D eigenvalue weighted by atomic mass is 10.0. The number of aromatic nitrogens is 3. The molecule has 4 amide bonds. The molecular formula is C18H16N6O5. The number of hydrogen-bond acceptors (Lipinski definition) is 9. The third-order valence-corrected chi connectivity index (χ3v) is 4.60. The minimum absolute atomic E-state index is 0.0664. The van der Waals surface area contributed by atoms with Gasteiger partial charge < -0.3 is 9.42 Å². The van der Waals surface area contributed by atoms with Crippen LogP contribution < -0.4 is 5.32 Å². The fourth-order valence-electron chi connectivity index (χ4n) is 3.18. The highest BCUT2D eigenvalue weighted by atomic mass is 16.5. The van der Waals surface area contributed by atoms with E-state index in [-0.39, 0.29) is 31.0 Å². The standard InChI is InChI=1S/C18H16N6O5/c1-23(9-14-21-16(22-29-14)10-4-2-3-7-19-10)12-8-15(26)24(18(12)28)11-5-6-13(25)20-17(11)27/h2-4,7-8,11H,5-6,9H2,1H3,(H,20,25,27). The molecule has 148 valence electrons. The number of imide groups is 2. The van der Waals surface area contributed by atoms with E-state index in [1.54, 1.807) is 31.4 Å². The molecule has 1 saturated heterocycles. The van der Waals surface area contributed by atoms with Crippen LogP contribution in [0.2, 0.25) is 0 Å². The molecule has 2 aromatic rings. The Morgan fingerprint density at radius 1 is 1.28 bits per heavy atom. The van der Waals surface area contributed by atoms with Gasteiger partial charge in [-0.15, -0.1) is 0 Å². The maximum atomic E-state index is 12.8. The molecule has 0 radical (unpaired) electrons. The van der Waals surface area contributed by atoms with Crippen LogP contribution in [0.4, 0.5) is 0 Å². The quantitative estimate of drug-likeness (QED) is 0.670. The van der Waals surface area contributed by atoms with Crippen molar-refractivity contribution in [1.82, 2.24) is 30.2 Å². The number of nitrogens with one attached hydrogen (secondary N) is 1. The van der Waals surface area contributed by atoms with Crippen molar-refractivity contribution in [3.63, 3.8) is 0 Å². The maximum Gasteiger partial charge on any atom is 0.277 e. The first-order valence-corrected chi connectivity index (χ1v) is 8.82. The molecule has 11 heteroatoms. The molecular weight excluding hydrogens is 380 g/mol. The van der Waals surface area contributed by atoms with E-state index in [4.69, 9.17) is 4.52 Å². The van der Waals surface area contributed by atoms with Gasteiger partial charge in [-0.1, -0.05) is 11.2 Å². The van der Waals surface area contributed by atoms with Gasteiger partial charge in [-0.3, -0.25) is 34.4 Å². The number of amides is 4. The molecule has 2 aromatic heterocycles. The molecule has 2 aliphatic rings. The summed E-state index contributed by atoms with van der Waals surface area (Å²) in [5.74, 6) is -1.76. The summed E-state index contributed by atoms with van der Waals surface area (Å²) < 4.78 is 5.20. The number of carbonyl (C=O) groups is 4. The largest absolute Gasteiger partial charge is 0.361 e. The zero-order valence-corrected chi connectivity index (χ0v) is 15.4. The minimum atomic E-state index is -1.01. The van der Waals surface area contributed by atoms with Crippen LogP contribution in [0, 0.1) is 0 Å². The zero-order valence-electron chi connectivity index (χ0n) is 15.4. The predicted octanol–water partition coefficient (Wildman–Crippen LogP) is -0.379. The van der Waals surface area contributed by atoms with E-state index in [9.17, 15) is 19.2 Å². The van der Waals surface area contributed by atoms with E-state index < -0.39 is 29.7 Å². The predicted molar refractivity (Wildman–Crippen MR) is 95.1 cm³/mol. The molecule has 4 rings (SSSR count). The van der Waals surface area contributed by atoms with Crippen LogP contribution in [-0.4, -0.2) is 61.6 Å². The lowest BCUT2D eigenvalue weighted by Crippen LogP contribution is -2.54. The summed E-state index contributed by atoms with van der Waals surface area (Å²) in [5.41, 5.74) is 0.637. The van der Waals surface area contributed by atoms with E-state index in [1.165, 1.54) is 4.90 Å². The van der Waals surface area contributed by atoms with E-state index >= 15 is 0 Å². The Kier molecular flexibility index (Phi) is 4.63. The van der Waals surface area contributed by atoms with Crippen LogP contribution in [0.15, 0.2) is 40.7 Å². The average Bonchev–Trinajstić information content (AvgIpc) is 3.28. The second kappa shape index (κ2) is 7.26. The third-order valence-electron chi connectivity index (χ3n) is 4.60. The van der Waals surface area contributed by atoms with Crippen LogP contribution in [0.25, 0.3) is 11.5 Å². The van der Waals surface area contributed by atoms with E-state index in [0.717, 1.165) is 11.0 Å². The van der Waals surface area contributed by atoms with Crippen molar-refractivity contribution in [2.24, 2.45) is 0 Å². The molecule has 0 aromatic carbocycles. The van der Waals surface area contributed by atoms with Crippen molar-refractivity contribution in [3.8, 4) is 11.5 Å². The van der Waals surface area contributed by atoms with Gasteiger partial charge in [0.05, 0.1) is 6.54 Å². The molecule has 1 fully saturated rings. The Morgan fingerprint density at radius 3 is 2.83 bits per heavy atom. The molecule has 0 spiro atoms. The summed E-state index contributed by atoms with van der Waals surface area (Å²) in [6, 6.07) is 4.29. The number of hydrogen-bond donors (Lipinski definition) is 1. The summed E-state index contributed by atoms with van der Waals surface area (Å²) in [4.78, 5) is 59.2. The summed E-state index contributed by atoms with van der Waals surface area (Å²) in [5, 5.41) is 6.01. The molecule has 1 N–H and O–H groups in total. The fourth-order valence-corrected chi connectivity index (χ4v) is 3.18. The van der Waals surface area contributed by atoms with Gasteiger partial charge in [0.1, 0.15) is 17.4 Å². The maximum absolute atomic E-state index is 12.8. The second-order valence-electron chi connectivity index (χ2n) is 6.59. The number of piperidine rings is 1. The van der Waals surface area contributed by atoms with Crippen LogP contribution in [0.3, 0.4) is 0 Å². The number of likely N-dealkylation sites (N-methyl/N-ethyl adjacent to an activating group) is 1. The topological polar surface area (TPSA) is 139 Å². The lowest BCUT2D eigenvalue weighted by molar-refractivity contribution is -0.150. The van der Waals surface area contributed by atoms with E-state index in [2.05, 4.69) is 20.4 Å². The number of rotatable bonds is 5. The first-order chi connectivity index (χ1) is 13.9. The van der Waals surface area contributed by atoms with Crippen molar-refractivity contribution < 1.29 is 23.7 Å². The van der Waals surface area contributed by atoms with Gasteiger partial charge in [0.15, 0.2) is 0 Å². The van der Waals surface area contributed by atoms with Crippen LogP contribution >= 0.6 is 0 Å². The van der Waals surface area contributed by atoms with Crippen molar-refractivity contribution in [3.05, 3.63) is 42.1 Å². The van der Waals surface area contributed by atoms with E-state index in [1.807, 2.05) is 0 Å². The molecule has 4 heterocycles. The highest BCUT2D eigenvalue weighted by molar-refractivity contribution is 6.18. The Hall–Kier alpha value is -3.89. The van der Waals surface area contributed by atoms with Gasteiger partial charge in [0.2, 0.25) is 23.5 Å². The molecule has 2 aliphatic heterocycles. The molecule has 0 bridgehead atoms. The van der Waals surface area contributed by atoms with Crippen LogP contribution in [0.1, 0.15) is 18.7 Å². The Morgan fingerprint density at radius 2 is 2.10 bits per heavy atom. The van der Waals surface area contributed by atoms with Crippen molar-refractivity contribution in [2.75, 3.05) is 7.05 Å². The van der Waals surface area contributed by atoms with Gasteiger partial charge >= 0.3 is 0 Å². The van der Waals surface area contributed by atoms with Gasteiger partial charge in [-0.05, 0) is 18.6 Å². The molecule has 0 saturated carbocycles. The zero-order chi connectivity index (χ0) is 20.5. The van der Waals surface area contributed by atoms with E-state index in [0.29, 0.717) is 11.5 Å². The fraction of sp³-hybridized carbons (Fsp3) is 0.278. The Bertz CT molecular complexity index is 1030. The van der Waals surface area contributed by atoms with Crippen molar-refractivity contribution in [1.29, 1.82) is 0 Å². The molecule has 0 aliphatic carbocycles. The first kappa shape index (κ1) is 18.5. The van der Waals surface area contributed by atoms with Crippen molar-refractivity contribution >= 4 is 23.6 Å². The number of carbonyl (C=O) groups excluding carboxylic acids is 4. The normalized spacial score (nSPS) is 19.4. The number of nitrogens with zero attached hydrogens (tertiary/aromatic N) is 5. The van der Waals surface area contributed by atoms with Crippen LogP contribution in [0.5, 0.6) is 0 Å². The summed E-state index contributed by atoms with van der Waals surface area (Å²) in [7, 11) is 1.59. The molecule has 11 nitrogen and oxygen atoms in total. The Balaban J connectivity index is 1.46. The summed E-state index contributed by atoms with van der Waals surface area (Å²) >= 11 is 0. The third kappa shape index (κ3) is 3.49. The smallest absolute Gasteiger partial charge is 0.277 e. The van der Waals surface area contributed by atoms with Gasteiger partial charge in [0, 0.05) is 25.7 Å². The van der Waals surface area contributed by atoms with Gasteiger partial charge in [-0.2, -0.15) is 4.98 Å². The SMILES string of the molecule is CN(Cc1nc(-c2ccccn2)no1)C1=CC(=O)N(C2CCC(=O)NC2=O)C1=O. The highest BCUT2D eigenvalue weighted by Gasteiger charge is 2.43. The Labute approximate surface area is 164 Å². The van der Waals surface area contributed by atoms with Crippen LogP contribution in [-0.2, 0) is 25.7 Å². The summed E-state index contributed by atoms with van der Waals surface area (Å²) in [6.45, 7) is 0.0773. The number of pyridine rings is 1. The monoisotopic (exact) mass is 396 g/mol. The van der Waals surface area contributed by atoms with Gasteiger partial charge in [-0.25, -0.2) is 0 Å². The average molecular weight is 396 g/mol.